The van der Waals surface area contributed by atoms with Crippen LogP contribution in [0.4, 0.5) is 11.4 Å². The number of fused-ring (bicyclic) bond motifs is 1. The number of rotatable bonds is 5. The van der Waals surface area contributed by atoms with Crippen molar-refractivity contribution in [3.05, 3.63) is 89.5 Å². The summed E-state index contributed by atoms with van der Waals surface area (Å²) in [5.74, 6) is -0.0602. The first kappa shape index (κ1) is 18.6. The molecule has 6 nitrogen and oxygen atoms in total. The van der Waals surface area contributed by atoms with Crippen LogP contribution in [0.5, 0.6) is 5.75 Å². The first-order chi connectivity index (χ1) is 14.0. The maximum Gasteiger partial charge on any atom is 0.262 e. The first-order valence-electron chi connectivity index (χ1n) is 9.30. The molecular formula is C23H21N3O3. The molecule has 6 heteroatoms. The van der Waals surface area contributed by atoms with Crippen LogP contribution in [0.1, 0.15) is 27.7 Å². The van der Waals surface area contributed by atoms with Gasteiger partial charge >= 0.3 is 0 Å². The van der Waals surface area contributed by atoms with Gasteiger partial charge in [-0.2, -0.15) is 0 Å². The number of hydrogen-bond acceptors (Lipinski definition) is 4. The highest BCUT2D eigenvalue weighted by atomic mass is 16.5. The summed E-state index contributed by atoms with van der Waals surface area (Å²) < 4.78 is 5.34. The lowest BCUT2D eigenvalue weighted by Crippen LogP contribution is -2.43. The lowest BCUT2D eigenvalue weighted by Gasteiger charge is -2.38. The van der Waals surface area contributed by atoms with E-state index >= 15 is 0 Å². The summed E-state index contributed by atoms with van der Waals surface area (Å²) in [5.41, 5.74) is 9.36. The van der Waals surface area contributed by atoms with Crippen molar-refractivity contribution in [1.29, 1.82) is 0 Å². The van der Waals surface area contributed by atoms with Gasteiger partial charge in [-0.05, 0) is 48.9 Å². The number of nitrogens with one attached hydrogen (secondary N) is 1. The normalized spacial score (nSPS) is 15.4. The molecule has 3 N–H and O–H groups in total. The second kappa shape index (κ2) is 7.67. The number of para-hydroxylation sites is 1. The van der Waals surface area contributed by atoms with E-state index in [1.165, 1.54) is 0 Å². The maximum atomic E-state index is 13.3. The Bertz CT molecular complexity index is 1050. The van der Waals surface area contributed by atoms with Crippen molar-refractivity contribution < 1.29 is 14.3 Å². The average molecular weight is 387 g/mol. The Labute approximate surface area is 168 Å². The predicted molar refractivity (Wildman–Crippen MR) is 112 cm³/mol. The van der Waals surface area contributed by atoms with E-state index in [9.17, 15) is 9.59 Å². The standard InChI is InChI=1S/C23H21N3O3/c1-15-6-10-17(11-7-15)26-22(25-20-5-3-2-4-19(20)23(26)28)16-8-12-18(13-9-16)29-14-21(24)27/h2-13,22,25H,14H2,1H3,(H2,24,27)/t22-/m1/s1. The van der Waals surface area contributed by atoms with Crippen molar-refractivity contribution in [2.24, 2.45) is 5.73 Å². The fraction of sp³-hybridized carbons (Fsp3) is 0.130. The molecule has 29 heavy (non-hydrogen) atoms. The van der Waals surface area contributed by atoms with Crippen molar-refractivity contribution in [3.63, 3.8) is 0 Å². The topological polar surface area (TPSA) is 84.7 Å². The molecule has 0 aromatic heterocycles. The lowest BCUT2D eigenvalue weighted by atomic mass is 10.0. The zero-order valence-electron chi connectivity index (χ0n) is 16.0. The minimum atomic E-state index is -0.532. The Morgan fingerprint density at radius 3 is 2.41 bits per heavy atom. The summed E-state index contributed by atoms with van der Waals surface area (Å²) in [4.78, 5) is 26.0. The van der Waals surface area contributed by atoms with E-state index in [1.54, 1.807) is 17.0 Å². The highest BCUT2D eigenvalue weighted by Crippen LogP contribution is 2.37. The van der Waals surface area contributed by atoms with Crippen molar-refractivity contribution in [3.8, 4) is 5.75 Å². The number of ether oxygens (including phenoxy) is 1. The van der Waals surface area contributed by atoms with Crippen LogP contribution < -0.4 is 20.7 Å². The van der Waals surface area contributed by atoms with Gasteiger partial charge in [0.1, 0.15) is 11.9 Å². The number of nitrogens with two attached hydrogens (primary N) is 1. The van der Waals surface area contributed by atoms with Gasteiger partial charge in [0.05, 0.1) is 5.56 Å². The molecular weight excluding hydrogens is 366 g/mol. The number of anilines is 2. The summed E-state index contributed by atoms with van der Waals surface area (Å²) in [5, 5.41) is 3.47. The molecule has 146 valence electrons. The number of amides is 2. The number of carbonyl (C=O) groups is 2. The van der Waals surface area contributed by atoms with E-state index in [4.69, 9.17) is 10.5 Å². The molecule has 0 saturated heterocycles. The van der Waals surface area contributed by atoms with Gasteiger partial charge in [0.2, 0.25) is 0 Å². The largest absolute Gasteiger partial charge is 0.484 e. The van der Waals surface area contributed by atoms with Crippen LogP contribution in [0.2, 0.25) is 0 Å². The zero-order chi connectivity index (χ0) is 20.4. The average Bonchev–Trinajstić information content (AvgIpc) is 2.73. The number of benzene rings is 3. The van der Waals surface area contributed by atoms with Crippen LogP contribution in [0.3, 0.4) is 0 Å². The van der Waals surface area contributed by atoms with Crippen LogP contribution in [0, 0.1) is 6.92 Å². The second-order valence-electron chi connectivity index (χ2n) is 6.93. The monoisotopic (exact) mass is 387 g/mol. The van der Waals surface area contributed by atoms with Crippen molar-refractivity contribution >= 4 is 23.2 Å². The molecule has 3 aromatic rings. The molecule has 0 spiro atoms. The lowest BCUT2D eigenvalue weighted by molar-refractivity contribution is -0.119. The summed E-state index contributed by atoms with van der Waals surface area (Å²) in [6, 6.07) is 22.6. The van der Waals surface area contributed by atoms with Gasteiger partial charge in [-0.25, -0.2) is 0 Å². The van der Waals surface area contributed by atoms with Gasteiger partial charge in [0.15, 0.2) is 6.61 Å². The Hall–Kier alpha value is -3.80. The molecule has 0 fully saturated rings. The molecule has 0 radical (unpaired) electrons. The van der Waals surface area contributed by atoms with Crippen molar-refractivity contribution in [1.82, 2.24) is 0 Å². The number of hydrogen-bond donors (Lipinski definition) is 2. The smallest absolute Gasteiger partial charge is 0.262 e. The maximum absolute atomic E-state index is 13.3. The second-order valence-corrected chi connectivity index (χ2v) is 6.93. The van der Waals surface area contributed by atoms with Gasteiger partial charge in [0, 0.05) is 11.4 Å². The molecule has 0 bridgehead atoms. The summed E-state index contributed by atoms with van der Waals surface area (Å²) in [6.07, 6.45) is -0.384. The fourth-order valence-corrected chi connectivity index (χ4v) is 3.36. The number of aryl methyl sites for hydroxylation is 1. The molecule has 4 rings (SSSR count). The molecule has 1 aliphatic heterocycles. The molecule has 1 aliphatic rings. The number of carbonyl (C=O) groups excluding carboxylic acids is 2. The molecule has 0 saturated carbocycles. The minimum absolute atomic E-state index is 0.0674. The molecule has 0 unspecified atom stereocenters. The van der Waals surface area contributed by atoms with E-state index in [0.717, 1.165) is 22.5 Å². The minimum Gasteiger partial charge on any atom is -0.484 e. The Morgan fingerprint density at radius 2 is 1.72 bits per heavy atom. The third kappa shape index (κ3) is 3.78. The summed E-state index contributed by atoms with van der Waals surface area (Å²) >= 11 is 0. The van der Waals surface area contributed by atoms with Crippen LogP contribution in [-0.2, 0) is 4.79 Å². The number of primary amides is 1. The van der Waals surface area contributed by atoms with Gasteiger partial charge in [-0.1, -0.05) is 42.0 Å². The van der Waals surface area contributed by atoms with Crippen molar-refractivity contribution in [2.45, 2.75) is 13.1 Å². The first-order valence-corrected chi connectivity index (χ1v) is 9.30. The third-order valence-electron chi connectivity index (χ3n) is 4.82. The molecule has 1 atom stereocenters. The quantitative estimate of drug-likeness (QED) is 0.700. The molecule has 2 amide bonds. The Kier molecular flexibility index (Phi) is 4.91. The van der Waals surface area contributed by atoms with Gasteiger partial charge in [0.25, 0.3) is 11.8 Å². The SMILES string of the molecule is Cc1ccc(N2C(=O)c3ccccc3N[C@H]2c2ccc(OCC(N)=O)cc2)cc1. The van der Waals surface area contributed by atoms with E-state index in [0.29, 0.717) is 11.3 Å². The molecule has 1 heterocycles. The van der Waals surface area contributed by atoms with Gasteiger partial charge < -0.3 is 15.8 Å². The van der Waals surface area contributed by atoms with Gasteiger partial charge in [-0.3, -0.25) is 14.5 Å². The summed E-state index contributed by atoms with van der Waals surface area (Å²) in [7, 11) is 0. The Balaban J connectivity index is 1.71. The van der Waals surface area contributed by atoms with Crippen LogP contribution >= 0.6 is 0 Å². The highest BCUT2D eigenvalue weighted by molar-refractivity contribution is 6.12. The predicted octanol–water partition coefficient (Wildman–Crippen LogP) is 3.63. The van der Waals surface area contributed by atoms with Crippen molar-refractivity contribution in [2.75, 3.05) is 16.8 Å². The van der Waals surface area contributed by atoms with E-state index in [1.807, 2.05) is 67.6 Å². The molecule has 0 aliphatic carbocycles. The highest BCUT2D eigenvalue weighted by Gasteiger charge is 2.33. The van der Waals surface area contributed by atoms with Crippen LogP contribution in [0.15, 0.2) is 72.8 Å². The van der Waals surface area contributed by atoms with Crippen LogP contribution in [-0.4, -0.2) is 18.4 Å². The van der Waals surface area contributed by atoms with Crippen LogP contribution in [0.25, 0.3) is 0 Å². The van der Waals surface area contributed by atoms with E-state index < -0.39 is 5.91 Å². The fourth-order valence-electron chi connectivity index (χ4n) is 3.36. The summed E-state index contributed by atoms with van der Waals surface area (Å²) in [6.45, 7) is 1.83. The molecule has 3 aromatic carbocycles. The zero-order valence-corrected chi connectivity index (χ0v) is 16.0. The number of nitrogens with zero attached hydrogens (tertiary/aromatic N) is 1. The van der Waals surface area contributed by atoms with E-state index in [2.05, 4.69) is 5.32 Å². The third-order valence-corrected chi connectivity index (χ3v) is 4.82. The Morgan fingerprint density at radius 1 is 1.03 bits per heavy atom. The van der Waals surface area contributed by atoms with E-state index in [-0.39, 0.29) is 18.7 Å². The van der Waals surface area contributed by atoms with Gasteiger partial charge in [-0.15, -0.1) is 0 Å².